The van der Waals surface area contributed by atoms with E-state index in [0.29, 0.717) is 18.8 Å². The normalized spacial score (nSPS) is 10.5. The molecule has 0 bridgehead atoms. The highest BCUT2D eigenvalue weighted by Gasteiger charge is 2.17. The lowest BCUT2D eigenvalue weighted by Gasteiger charge is -2.21. The molecule has 3 aromatic heterocycles. The van der Waals surface area contributed by atoms with Crippen molar-refractivity contribution in [2.45, 2.75) is 13.1 Å². The first-order chi connectivity index (χ1) is 12.8. The van der Waals surface area contributed by atoms with Gasteiger partial charge in [0.2, 0.25) is 0 Å². The molecule has 0 spiro atoms. The zero-order chi connectivity index (χ0) is 18.0. The predicted molar refractivity (Wildman–Crippen MR) is 100 cm³/mol. The first kappa shape index (κ1) is 18.4. The first-order valence-corrected chi connectivity index (χ1v) is 9.64. The van der Waals surface area contributed by atoms with Gasteiger partial charge in [0.15, 0.2) is 13.6 Å². The fraction of sp³-hybridized carbons (Fsp3) is 0.222. The molecule has 1 amide bonds. The summed E-state index contributed by atoms with van der Waals surface area (Å²) in [7, 11) is 0. The van der Waals surface area contributed by atoms with Crippen LogP contribution in [0.3, 0.4) is 0 Å². The number of hydrogen-bond donors (Lipinski definition) is 0. The zero-order valence-corrected chi connectivity index (χ0v) is 15.6. The van der Waals surface area contributed by atoms with Gasteiger partial charge in [-0.05, 0) is 35.0 Å². The van der Waals surface area contributed by atoms with E-state index in [2.05, 4.69) is 4.98 Å². The molecule has 0 aliphatic heterocycles. The summed E-state index contributed by atoms with van der Waals surface area (Å²) >= 11 is 3.22. The lowest BCUT2D eigenvalue weighted by Crippen LogP contribution is -2.31. The van der Waals surface area contributed by atoms with Crippen LogP contribution in [-0.2, 0) is 22.6 Å². The molecule has 136 valence electrons. The van der Waals surface area contributed by atoms with Crippen LogP contribution < -0.4 is 4.74 Å². The summed E-state index contributed by atoms with van der Waals surface area (Å²) in [5, 5.41) is 3.98. The molecule has 8 heteroatoms. The molecule has 0 unspecified atom stereocenters. The predicted octanol–water partition coefficient (Wildman–Crippen LogP) is 4.35. The monoisotopic (exact) mass is 390 g/mol. The quantitative estimate of drug-likeness (QED) is 0.401. The Hall–Kier alpha value is -2.42. The molecule has 26 heavy (non-hydrogen) atoms. The Balaban J connectivity index is 1.45. The van der Waals surface area contributed by atoms with Gasteiger partial charge in [0.25, 0.3) is 0 Å². The first-order valence-electron chi connectivity index (χ1n) is 7.88. The number of carbonyl (C=O) groups excluding carboxylic acids is 1. The molecule has 0 N–H and O–H groups in total. The summed E-state index contributed by atoms with van der Waals surface area (Å²) in [6.07, 6.45) is 2.82. The number of ether oxygens (including phenoxy) is 3. The van der Waals surface area contributed by atoms with Crippen molar-refractivity contribution < 1.29 is 19.0 Å². The minimum Gasteiger partial charge on any atom is -0.466 e. The van der Waals surface area contributed by atoms with Crippen LogP contribution in [-0.4, -0.2) is 29.6 Å². The maximum atomic E-state index is 12.4. The highest BCUT2D eigenvalue weighted by atomic mass is 32.1. The van der Waals surface area contributed by atoms with Crippen molar-refractivity contribution in [2.24, 2.45) is 0 Å². The zero-order valence-electron chi connectivity index (χ0n) is 13.9. The Kier molecular flexibility index (Phi) is 7.00. The smallest absolute Gasteiger partial charge is 0.412 e. The van der Waals surface area contributed by atoms with Crippen molar-refractivity contribution in [1.82, 2.24) is 9.88 Å². The average Bonchev–Trinajstić information content (AvgIpc) is 3.36. The lowest BCUT2D eigenvalue weighted by molar-refractivity contribution is -0.0780. The number of aromatic nitrogens is 1. The average molecular weight is 390 g/mol. The molecule has 3 rings (SSSR count). The maximum Gasteiger partial charge on any atom is 0.412 e. The molecule has 0 aliphatic carbocycles. The number of pyridine rings is 1. The van der Waals surface area contributed by atoms with Gasteiger partial charge in [0.1, 0.15) is 5.75 Å². The third-order valence-corrected chi connectivity index (χ3v) is 5.04. The highest BCUT2D eigenvalue weighted by molar-refractivity contribution is 7.10. The van der Waals surface area contributed by atoms with Crippen molar-refractivity contribution in [2.75, 3.05) is 13.6 Å². The van der Waals surface area contributed by atoms with Crippen molar-refractivity contribution in [3.8, 4) is 5.75 Å². The number of hydrogen-bond acceptors (Lipinski definition) is 7. The number of thiophene rings is 2. The Labute approximate surface area is 159 Å². The molecule has 6 nitrogen and oxygen atoms in total. The van der Waals surface area contributed by atoms with Crippen LogP contribution in [0.2, 0.25) is 0 Å². The molecular weight excluding hydrogens is 372 g/mol. The van der Waals surface area contributed by atoms with Gasteiger partial charge in [0, 0.05) is 16.0 Å². The van der Waals surface area contributed by atoms with Crippen molar-refractivity contribution in [1.29, 1.82) is 0 Å². The standard InChI is InChI=1S/C18H18N2O4S2/c21-18(24-14-22-13-23-15-4-1-7-19-10-15)20(11-16-5-2-8-25-16)12-17-6-3-9-26-17/h1-10H,11-14H2. The highest BCUT2D eigenvalue weighted by Crippen LogP contribution is 2.18. The summed E-state index contributed by atoms with van der Waals surface area (Å²) in [6.45, 7) is 0.806. The second kappa shape index (κ2) is 9.91. The number of carbonyl (C=O) groups is 1. The topological polar surface area (TPSA) is 60.9 Å². The van der Waals surface area contributed by atoms with Gasteiger partial charge in [-0.15, -0.1) is 22.7 Å². The van der Waals surface area contributed by atoms with Crippen LogP contribution in [0.5, 0.6) is 5.75 Å². The number of amides is 1. The van der Waals surface area contributed by atoms with Crippen molar-refractivity contribution in [3.63, 3.8) is 0 Å². The molecule has 0 aliphatic rings. The van der Waals surface area contributed by atoms with Crippen LogP contribution in [0.25, 0.3) is 0 Å². The van der Waals surface area contributed by atoms with E-state index in [1.807, 2.05) is 35.0 Å². The van der Waals surface area contributed by atoms with Gasteiger partial charge in [-0.25, -0.2) is 4.79 Å². The van der Waals surface area contributed by atoms with Crippen LogP contribution in [0.4, 0.5) is 4.79 Å². The van der Waals surface area contributed by atoms with E-state index in [9.17, 15) is 4.79 Å². The summed E-state index contributed by atoms with van der Waals surface area (Å²) in [6, 6.07) is 11.5. The number of nitrogens with zero attached hydrogens (tertiary/aromatic N) is 2. The SMILES string of the molecule is O=C(OCOCOc1cccnc1)N(Cc1cccs1)Cc1cccs1. The van der Waals surface area contributed by atoms with Gasteiger partial charge in [-0.1, -0.05) is 12.1 Å². The fourth-order valence-electron chi connectivity index (χ4n) is 2.13. The van der Waals surface area contributed by atoms with Crippen molar-refractivity contribution >= 4 is 28.8 Å². The summed E-state index contributed by atoms with van der Waals surface area (Å²) in [4.78, 5) is 20.2. The van der Waals surface area contributed by atoms with E-state index in [1.54, 1.807) is 52.1 Å². The van der Waals surface area contributed by atoms with Crippen LogP contribution in [0.15, 0.2) is 59.6 Å². The number of rotatable bonds is 9. The Morgan fingerprint density at radius 3 is 2.31 bits per heavy atom. The second-order valence-corrected chi connectivity index (χ2v) is 7.26. The molecule has 0 aromatic carbocycles. The largest absolute Gasteiger partial charge is 0.466 e. The molecule has 0 atom stereocenters. The van der Waals surface area contributed by atoms with Gasteiger partial charge in [-0.3, -0.25) is 9.88 Å². The molecule has 0 fully saturated rings. The Morgan fingerprint density at radius 2 is 1.73 bits per heavy atom. The molecule has 3 heterocycles. The van der Waals surface area contributed by atoms with E-state index < -0.39 is 6.09 Å². The minimum absolute atomic E-state index is 0.0190. The van der Waals surface area contributed by atoms with Crippen LogP contribution >= 0.6 is 22.7 Å². The second-order valence-electron chi connectivity index (χ2n) is 5.20. The Morgan fingerprint density at radius 1 is 1.00 bits per heavy atom. The summed E-state index contributed by atoms with van der Waals surface area (Å²) in [5.74, 6) is 0.593. The van der Waals surface area contributed by atoms with Crippen molar-refractivity contribution in [3.05, 3.63) is 69.3 Å². The minimum atomic E-state index is -0.423. The summed E-state index contributed by atoms with van der Waals surface area (Å²) < 4.78 is 15.8. The molecule has 3 aromatic rings. The van der Waals surface area contributed by atoms with E-state index in [4.69, 9.17) is 14.2 Å². The molecule has 0 saturated carbocycles. The van der Waals surface area contributed by atoms with Gasteiger partial charge < -0.3 is 14.2 Å². The van der Waals surface area contributed by atoms with Gasteiger partial charge in [-0.2, -0.15) is 0 Å². The van der Waals surface area contributed by atoms with E-state index in [0.717, 1.165) is 9.75 Å². The third kappa shape index (κ3) is 5.83. The maximum absolute atomic E-state index is 12.4. The van der Waals surface area contributed by atoms with Gasteiger partial charge >= 0.3 is 6.09 Å². The lowest BCUT2D eigenvalue weighted by atomic mass is 10.4. The van der Waals surface area contributed by atoms with Gasteiger partial charge in [0.05, 0.1) is 19.3 Å². The third-order valence-electron chi connectivity index (χ3n) is 3.32. The molecular formula is C18H18N2O4S2. The fourth-order valence-corrected chi connectivity index (χ4v) is 3.56. The summed E-state index contributed by atoms with van der Waals surface area (Å²) in [5.41, 5.74) is 0. The molecule has 0 radical (unpaired) electrons. The van der Waals surface area contributed by atoms with E-state index >= 15 is 0 Å². The Bertz CT molecular complexity index is 728. The van der Waals surface area contributed by atoms with E-state index in [1.165, 1.54) is 0 Å². The van der Waals surface area contributed by atoms with Crippen LogP contribution in [0, 0.1) is 0 Å². The molecule has 0 saturated heterocycles. The van der Waals surface area contributed by atoms with E-state index in [-0.39, 0.29) is 13.6 Å². The van der Waals surface area contributed by atoms with Crippen LogP contribution in [0.1, 0.15) is 9.75 Å².